The molecule has 19 heavy (non-hydrogen) atoms. The first kappa shape index (κ1) is 12.8. The third-order valence-corrected chi connectivity index (χ3v) is 3.93. The van der Waals surface area contributed by atoms with Crippen molar-refractivity contribution in [3.63, 3.8) is 0 Å². The number of rotatable bonds is 2. The molecule has 1 aliphatic heterocycles. The van der Waals surface area contributed by atoms with E-state index < -0.39 is 0 Å². The predicted octanol–water partition coefficient (Wildman–Crippen LogP) is 2.42. The summed E-state index contributed by atoms with van der Waals surface area (Å²) in [4.78, 5) is 10.3. The number of benzene rings is 1. The van der Waals surface area contributed by atoms with E-state index in [1.54, 1.807) is 0 Å². The fourth-order valence-corrected chi connectivity index (χ4v) is 2.80. The molecule has 0 saturated carbocycles. The summed E-state index contributed by atoms with van der Waals surface area (Å²) < 4.78 is 1.08. The van der Waals surface area contributed by atoms with Gasteiger partial charge in [0, 0.05) is 29.7 Å². The molecule has 1 atom stereocenters. The molecule has 0 aliphatic carbocycles. The van der Waals surface area contributed by atoms with Crippen LogP contribution in [0.5, 0.6) is 0 Å². The van der Waals surface area contributed by atoms with E-state index in [4.69, 9.17) is 0 Å². The summed E-state index contributed by atoms with van der Waals surface area (Å²) in [6, 6.07) is 8.53. The lowest BCUT2D eigenvalue weighted by molar-refractivity contribution is 0.236. The first-order chi connectivity index (χ1) is 9.22. The van der Waals surface area contributed by atoms with Gasteiger partial charge in [-0.1, -0.05) is 28.1 Å². The maximum Gasteiger partial charge on any atom is 0.125 e. The van der Waals surface area contributed by atoms with Crippen LogP contribution in [0.15, 0.2) is 34.9 Å². The van der Waals surface area contributed by atoms with Gasteiger partial charge in [0.25, 0.3) is 0 Å². The Balaban J connectivity index is 1.83. The molecular formula is C14H17BrN4. The second-order valence-corrected chi connectivity index (χ2v) is 5.88. The summed E-state index contributed by atoms with van der Waals surface area (Å²) in [7, 11) is 2.14. The maximum absolute atomic E-state index is 4.52. The molecule has 2 heterocycles. The van der Waals surface area contributed by atoms with Gasteiger partial charge in [0.15, 0.2) is 0 Å². The minimum Gasteiger partial charge on any atom is -0.341 e. The molecule has 0 radical (unpaired) electrons. The quantitative estimate of drug-likeness (QED) is 0.893. The highest BCUT2D eigenvalue weighted by Gasteiger charge is 2.20. The van der Waals surface area contributed by atoms with E-state index in [9.17, 15) is 0 Å². The van der Waals surface area contributed by atoms with Crippen molar-refractivity contribution in [2.45, 2.75) is 6.04 Å². The van der Waals surface area contributed by atoms with Gasteiger partial charge in [-0.05, 0) is 19.2 Å². The number of hydrogen-bond donors (Lipinski definition) is 2. The van der Waals surface area contributed by atoms with Crippen molar-refractivity contribution >= 4 is 15.9 Å². The Labute approximate surface area is 121 Å². The Hall–Kier alpha value is -1.17. The number of aromatic amines is 1. The smallest absolute Gasteiger partial charge is 0.125 e. The minimum absolute atomic E-state index is 0.291. The van der Waals surface area contributed by atoms with E-state index in [-0.39, 0.29) is 0 Å². The fourth-order valence-electron chi connectivity index (χ4n) is 2.40. The molecule has 4 nitrogen and oxygen atoms in total. The second kappa shape index (κ2) is 5.45. The van der Waals surface area contributed by atoms with E-state index in [1.807, 2.05) is 18.3 Å². The molecular weight excluding hydrogens is 304 g/mol. The molecule has 1 aliphatic rings. The molecule has 0 spiro atoms. The normalized spacial score (nSPS) is 20.6. The number of halogens is 1. The lowest BCUT2D eigenvalue weighted by Gasteiger charge is -2.29. The van der Waals surface area contributed by atoms with Crippen molar-refractivity contribution in [1.82, 2.24) is 20.2 Å². The Morgan fingerprint density at radius 3 is 3.11 bits per heavy atom. The number of H-pyrrole nitrogens is 1. The topological polar surface area (TPSA) is 44.0 Å². The van der Waals surface area contributed by atoms with Crippen LogP contribution in [0.25, 0.3) is 11.3 Å². The average molecular weight is 321 g/mol. The Morgan fingerprint density at radius 2 is 2.32 bits per heavy atom. The van der Waals surface area contributed by atoms with E-state index in [2.05, 4.69) is 55.3 Å². The monoisotopic (exact) mass is 320 g/mol. The predicted molar refractivity (Wildman–Crippen MR) is 80.0 cm³/mol. The minimum atomic E-state index is 0.291. The maximum atomic E-state index is 4.52. The van der Waals surface area contributed by atoms with Gasteiger partial charge in [0.1, 0.15) is 5.82 Å². The first-order valence-corrected chi connectivity index (χ1v) is 7.24. The van der Waals surface area contributed by atoms with E-state index >= 15 is 0 Å². The molecule has 100 valence electrons. The van der Waals surface area contributed by atoms with Gasteiger partial charge in [-0.2, -0.15) is 0 Å². The van der Waals surface area contributed by atoms with E-state index in [1.165, 1.54) is 0 Å². The lowest BCUT2D eigenvalue weighted by atomic mass is 10.2. The largest absolute Gasteiger partial charge is 0.341 e. The van der Waals surface area contributed by atoms with Crippen molar-refractivity contribution in [3.05, 3.63) is 40.8 Å². The summed E-state index contributed by atoms with van der Waals surface area (Å²) in [5.74, 6) is 1.02. The van der Waals surface area contributed by atoms with Crippen LogP contribution in [0, 0.1) is 0 Å². The zero-order valence-corrected chi connectivity index (χ0v) is 12.4. The van der Waals surface area contributed by atoms with Gasteiger partial charge >= 0.3 is 0 Å². The van der Waals surface area contributed by atoms with Crippen molar-refractivity contribution in [2.75, 3.05) is 26.7 Å². The highest BCUT2D eigenvalue weighted by atomic mass is 79.9. The second-order valence-electron chi connectivity index (χ2n) is 4.96. The Morgan fingerprint density at radius 1 is 1.42 bits per heavy atom. The zero-order valence-electron chi connectivity index (χ0n) is 10.9. The molecule has 3 rings (SSSR count). The van der Waals surface area contributed by atoms with Gasteiger partial charge < -0.3 is 15.2 Å². The van der Waals surface area contributed by atoms with Crippen LogP contribution in [0.2, 0.25) is 0 Å². The SMILES string of the molecule is CN1CCNC(c2ncc(-c3cccc(Br)c3)[nH]2)C1. The van der Waals surface area contributed by atoms with Crippen molar-refractivity contribution < 1.29 is 0 Å². The molecule has 0 amide bonds. The molecule has 1 fully saturated rings. The summed E-state index contributed by atoms with van der Waals surface area (Å²) in [5, 5.41) is 3.50. The van der Waals surface area contributed by atoms with Gasteiger partial charge in [-0.25, -0.2) is 4.98 Å². The number of hydrogen-bond acceptors (Lipinski definition) is 3. The first-order valence-electron chi connectivity index (χ1n) is 6.45. The average Bonchev–Trinajstić information content (AvgIpc) is 2.88. The number of piperazine rings is 1. The number of likely N-dealkylation sites (N-methyl/N-ethyl adjacent to an activating group) is 1. The molecule has 2 aromatic rings. The van der Waals surface area contributed by atoms with Crippen molar-refractivity contribution in [2.24, 2.45) is 0 Å². The van der Waals surface area contributed by atoms with Gasteiger partial charge in [0.2, 0.25) is 0 Å². The van der Waals surface area contributed by atoms with Crippen LogP contribution in [0.1, 0.15) is 11.9 Å². The number of imidazole rings is 1. The number of nitrogens with one attached hydrogen (secondary N) is 2. The molecule has 5 heteroatoms. The van der Waals surface area contributed by atoms with E-state index in [0.29, 0.717) is 6.04 Å². The van der Waals surface area contributed by atoms with Crippen molar-refractivity contribution in [1.29, 1.82) is 0 Å². The number of nitrogens with zero attached hydrogens (tertiary/aromatic N) is 2. The highest BCUT2D eigenvalue weighted by molar-refractivity contribution is 9.10. The Kier molecular flexibility index (Phi) is 3.68. The Bertz CT molecular complexity index is 566. The molecule has 1 aromatic heterocycles. The summed E-state index contributed by atoms with van der Waals surface area (Å²) >= 11 is 3.50. The van der Waals surface area contributed by atoms with Crippen LogP contribution in [-0.2, 0) is 0 Å². The summed E-state index contributed by atoms with van der Waals surface area (Å²) in [6.07, 6.45) is 1.91. The van der Waals surface area contributed by atoms with Gasteiger partial charge in [0.05, 0.1) is 17.9 Å². The van der Waals surface area contributed by atoms with E-state index in [0.717, 1.165) is 41.2 Å². The van der Waals surface area contributed by atoms with Crippen LogP contribution < -0.4 is 5.32 Å². The molecule has 2 N–H and O–H groups in total. The third kappa shape index (κ3) is 2.88. The van der Waals surface area contributed by atoms with Crippen LogP contribution in [0.3, 0.4) is 0 Å². The van der Waals surface area contributed by atoms with Crippen molar-refractivity contribution in [3.8, 4) is 11.3 Å². The molecule has 1 saturated heterocycles. The molecule has 1 aromatic carbocycles. The lowest BCUT2D eigenvalue weighted by Crippen LogP contribution is -2.44. The van der Waals surface area contributed by atoms with Crippen LogP contribution in [0.4, 0.5) is 0 Å². The highest BCUT2D eigenvalue weighted by Crippen LogP contribution is 2.23. The molecule has 1 unspecified atom stereocenters. The van der Waals surface area contributed by atoms with Crippen LogP contribution in [-0.4, -0.2) is 41.5 Å². The fraction of sp³-hybridized carbons (Fsp3) is 0.357. The standard InChI is InChI=1S/C14H17BrN4/c1-19-6-5-16-13(9-19)14-17-8-12(18-14)10-3-2-4-11(15)7-10/h2-4,7-8,13,16H,5-6,9H2,1H3,(H,17,18). The number of aromatic nitrogens is 2. The molecule has 0 bridgehead atoms. The van der Waals surface area contributed by atoms with Gasteiger partial charge in [-0.3, -0.25) is 0 Å². The third-order valence-electron chi connectivity index (χ3n) is 3.44. The van der Waals surface area contributed by atoms with Gasteiger partial charge in [-0.15, -0.1) is 0 Å². The summed E-state index contributed by atoms with van der Waals surface area (Å²) in [5.41, 5.74) is 2.21. The zero-order chi connectivity index (χ0) is 13.2. The van der Waals surface area contributed by atoms with Crippen LogP contribution >= 0.6 is 15.9 Å². The summed E-state index contributed by atoms with van der Waals surface area (Å²) in [6.45, 7) is 3.09.